The van der Waals surface area contributed by atoms with E-state index in [0.29, 0.717) is 11.3 Å². The van der Waals surface area contributed by atoms with Crippen LogP contribution in [-0.2, 0) is 7.05 Å². The van der Waals surface area contributed by atoms with E-state index in [1.807, 2.05) is 38.1 Å². The van der Waals surface area contributed by atoms with Crippen LogP contribution in [-0.4, -0.2) is 15.5 Å². The molecular formula is C18H17N3O2. The van der Waals surface area contributed by atoms with E-state index < -0.39 is 5.91 Å². The Bertz CT molecular complexity index is 974. The SMILES string of the molecule is Cc1ccc(NC(=O)c2cc3cccnc3n(C)c2=O)c(C)c1. The van der Waals surface area contributed by atoms with E-state index in [-0.39, 0.29) is 11.1 Å². The van der Waals surface area contributed by atoms with Gasteiger partial charge in [0.05, 0.1) is 0 Å². The number of carbonyl (C=O) groups excluding carboxylic acids is 1. The molecule has 0 fully saturated rings. The Kier molecular flexibility index (Phi) is 3.70. The van der Waals surface area contributed by atoms with Gasteiger partial charge in [-0.25, -0.2) is 4.98 Å². The van der Waals surface area contributed by atoms with Crippen LogP contribution in [0.4, 0.5) is 5.69 Å². The Labute approximate surface area is 133 Å². The molecule has 0 aliphatic rings. The highest BCUT2D eigenvalue weighted by Crippen LogP contribution is 2.17. The first kappa shape index (κ1) is 15.0. The van der Waals surface area contributed by atoms with Crippen LogP contribution in [0, 0.1) is 13.8 Å². The summed E-state index contributed by atoms with van der Waals surface area (Å²) in [6, 6.07) is 10.9. The smallest absolute Gasteiger partial charge is 0.264 e. The highest BCUT2D eigenvalue weighted by Gasteiger charge is 2.15. The van der Waals surface area contributed by atoms with Crippen molar-refractivity contribution in [1.82, 2.24) is 9.55 Å². The van der Waals surface area contributed by atoms with Crippen molar-refractivity contribution in [2.24, 2.45) is 7.05 Å². The zero-order valence-corrected chi connectivity index (χ0v) is 13.3. The van der Waals surface area contributed by atoms with Crippen LogP contribution < -0.4 is 10.9 Å². The number of aromatic nitrogens is 2. The van der Waals surface area contributed by atoms with Crippen LogP contribution in [0.1, 0.15) is 21.5 Å². The minimum absolute atomic E-state index is 0.105. The molecule has 1 amide bonds. The molecule has 0 aliphatic carbocycles. The average Bonchev–Trinajstić information content (AvgIpc) is 2.53. The third kappa shape index (κ3) is 2.73. The number of nitrogens with zero attached hydrogens (tertiary/aromatic N) is 2. The summed E-state index contributed by atoms with van der Waals surface area (Å²) in [7, 11) is 1.62. The summed E-state index contributed by atoms with van der Waals surface area (Å²) in [5.41, 5.74) is 3.08. The molecule has 116 valence electrons. The second-order valence-electron chi connectivity index (χ2n) is 5.61. The van der Waals surface area contributed by atoms with Gasteiger partial charge < -0.3 is 5.32 Å². The standard InChI is InChI=1S/C18H17N3O2/c1-11-6-7-15(12(2)9-11)20-17(22)14-10-13-5-4-8-19-16(13)21(3)18(14)23/h4-10H,1-3H3,(H,20,22). The Hall–Kier alpha value is -2.95. The minimum atomic E-state index is -0.414. The van der Waals surface area contributed by atoms with Crippen LogP contribution in [0.2, 0.25) is 0 Å². The number of hydrogen-bond acceptors (Lipinski definition) is 3. The predicted octanol–water partition coefficient (Wildman–Crippen LogP) is 2.80. The number of pyridine rings is 2. The van der Waals surface area contributed by atoms with Gasteiger partial charge in [-0.3, -0.25) is 14.2 Å². The molecule has 0 aliphatic heterocycles. The number of amides is 1. The molecule has 1 N–H and O–H groups in total. The molecule has 0 saturated carbocycles. The van der Waals surface area contributed by atoms with Gasteiger partial charge in [-0.2, -0.15) is 0 Å². The largest absolute Gasteiger partial charge is 0.322 e. The third-order valence-corrected chi connectivity index (χ3v) is 3.84. The first-order valence-electron chi connectivity index (χ1n) is 7.31. The third-order valence-electron chi connectivity index (χ3n) is 3.84. The Balaban J connectivity index is 2.04. The lowest BCUT2D eigenvalue weighted by Crippen LogP contribution is -2.28. The van der Waals surface area contributed by atoms with Crippen molar-refractivity contribution in [1.29, 1.82) is 0 Å². The molecule has 0 bridgehead atoms. The molecule has 0 saturated heterocycles. The Morgan fingerprint density at radius 1 is 1.17 bits per heavy atom. The first-order chi connectivity index (χ1) is 11.0. The summed E-state index contributed by atoms with van der Waals surface area (Å²) in [5, 5.41) is 3.56. The number of nitrogens with one attached hydrogen (secondary N) is 1. The fourth-order valence-electron chi connectivity index (χ4n) is 2.60. The number of carbonyl (C=O) groups is 1. The highest BCUT2D eigenvalue weighted by molar-refractivity contribution is 6.05. The molecule has 3 rings (SSSR count). The number of hydrogen-bond donors (Lipinski definition) is 1. The number of aryl methyl sites for hydroxylation is 3. The molecule has 0 spiro atoms. The van der Waals surface area contributed by atoms with Crippen LogP contribution in [0.25, 0.3) is 11.0 Å². The van der Waals surface area contributed by atoms with Gasteiger partial charge in [-0.1, -0.05) is 17.7 Å². The minimum Gasteiger partial charge on any atom is -0.322 e. The van der Waals surface area contributed by atoms with E-state index >= 15 is 0 Å². The van der Waals surface area contributed by atoms with E-state index in [4.69, 9.17) is 0 Å². The summed E-state index contributed by atoms with van der Waals surface area (Å²) in [6.07, 6.45) is 1.62. The van der Waals surface area contributed by atoms with Crippen molar-refractivity contribution in [3.63, 3.8) is 0 Å². The van der Waals surface area contributed by atoms with E-state index in [1.54, 1.807) is 25.4 Å². The topological polar surface area (TPSA) is 64.0 Å². The van der Waals surface area contributed by atoms with Crippen LogP contribution in [0.15, 0.2) is 47.4 Å². The van der Waals surface area contributed by atoms with Gasteiger partial charge >= 0.3 is 0 Å². The molecule has 0 radical (unpaired) electrons. The zero-order valence-electron chi connectivity index (χ0n) is 13.3. The zero-order chi connectivity index (χ0) is 16.6. The van der Waals surface area contributed by atoms with E-state index in [1.165, 1.54) is 4.57 Å². The second kappa shape index (κ2) is 5.68. The molecule has 5 nitrogen and oxygen atoms in total. The van der Waals surface area contributed by atoms with Crippen molar-refractivity contribution >= 4 is 22.6 Å². The van der Waals surface area contributed by atoms with E-state index in [2.05, 4.69) is 10.3 Å². The van der Waals surface area contributed by atoms with Crippen LogP contribution in [0.5, 0.6) is 0 Å². The molecule has 3 aromatic rings. The first-order valence-corrected chi connectivity index (χ1v) is 7.31. The van der Waals surface area contributed by atoms with Crippen molar-refractivity contribution < 1.29 is 4.79 Å². The summed E-state index contributed by atoms with van der Waals surface area (Å²) in [6.45, 7) is 3.91. The predicted molar refractivity (Wildman–Crippen MR) is 90.9 cm³/mol. The maximum Gasteiger partial charge on any atom is 0.264 e. The Morgan fingerprint density at radius 2 is 1.96 bits per heavy atom. The molecule has 0 unspecified atom stereocenters. The van der Waals surface area contributed by atoms with Crippen LogP contribution >= 0.6 is 0 Å². The molecule has 23 heavy (non-hydrogen) atoms. The quantitative estimate of drug-likeness (QED) is 0.792. The lowest BCUT2D eigenvalue weighted by Gasteiger charge is -2.11. The maximum atomic E-state index is 12.5. The number of fused-ring (bicyclic) bond motifs is 1. The molecular weight excluding hydrogens is 290 g/mol. The molecule has 2 aromatic heterocycles. The normalized spacial score (nSPS) is 10.7. The summed E-state index contributed by atoms with van der Waals surface area (Å²) in [4.78, 5) is 29.1. The highest BCUT2D eigenvalue weighted by atomic mass is 16.2. The molecule has 2 heterocycles. The van der Waals surface area contributed by atoms with Gasteiger partial charge in [0.25, 0.3) is 11.5 Å². The lowest BCUT2D eigenvalue weighted by molar-refractivity contribution is 0.102. The van der Waals surface area contributed by atoms with Crippen molar-refractivity contribution in [2.75, 3.05) is 5.32 Å². The fourth-order valence-corrected chi connectivity index (χ4v) is 2.60. The second-order valence-corrected chi connectivity index (χ2v) is 5.61. The fraction of sp³-hybridized carbons (Fsp3) is 0.167. The molecule has 1 aromatic carbocycles. The summed E-state index contributed by atoms with van der Waals surface area (Å²) in [5.74, 6) is -0.414. The molecule has 5 heteroatoms. The number of anilines is 1. The number of rotatable bonds is 2. The van der Waals surface area contributed by atoms with E-state index in [9.17, 15) is 9.59 Å². The van der Waals surface area contributed by atoms with Gasteiger partial charge in [-0.15, -0.1) is 0 Å². The molecule has 0 atom stereocenters. The van der Waals surface area contributed by atoms with E-state index in [0.717, 1.165) is 16.5 Å². The average molecular weight is 307 g/mol. The van der Waals surface area contributed by atoms with Gasteiger partial charge in [-0.05, 0) is 43.7 Å². The van der Waals surface area contributed by atoms with Gasteiger partial charge in [0.1, 0.15) is 11.2 Å². The lowest BCUT2D eigenvalue weighted by atomic mass is 10.1. The Morgan fingerprint density at radius 3 is 2.70 bits per heavy atom. The van der Waals surface area contributed by atoms with Crippen molar-refractivity contribution in [3.05, 3.63) is 69.6 Å². The van der Waals surface area contributed by atoms with Gasteiger partial charge in [0.2, 0.25) is 0 Å². The van der Waals surface area contributed by atoms with Crippen LogP contribution in [0.3, 0.4) is 0 Å². The summed E-state index contributed by atoms with van der Waals surface area (Å²) < 4.78 is 1.40. The van der Waals surface area contributed by atoms with Gasteiger partial charge in [0, 0.05) is 24.3 Å². The maximum absolute atomic E-state index is 12.5. The van der Waals surface area contributed by atoms with Crippen molar-refractivity contribution in [3.8, 4) is 0 Å². The van der Waals surface area contributed by atoms with Gasteiger partial charge in [0.15, 0.2) is 0 Å². The van der Waals surface area contributed by atoms with Crippen molar-refractivity contribution in [2.45, 2.75) is 13.8 Å². The summed E-state index contributed by atoms with van der Waals surface area (Å²) >= 11 is 0. The monoisotopic (exact) mass is 307 g/mol. The number of benzene rings is 1.